The molecular weight excluding hydrogens is 728 g/mol. The molecule has 12 nitrogen and oxygen atoms in total. The summed E-state index contributed by atoms with van der Waals surface area (Å²) >= 11 is 0. The van der Waals surface area contributed by atoms with Gasteiger partial charge in [-0.3, -0.25) is 14.4 Å². The lowest BCUT2D eigenvalue weighted by Crippen LogP contribution is -2.61. The van der Waals surface area contributed by atoms with E-state index < -0.39 is 64.9 Å². The van der Waals surface area contributed by atoms with Gasteiger partial charge in [-0.1, -0.05) is 113 Å². The maximum absolute atomic E-state index is 13.5. The molecule has 0 radical (unpaired) electrons. The van der Waals surface area contributed by atoms with E-state index in [0.717, 1.165) is 5.57 Å². The number of nitrogens with one attached hydrogen (secondary N) is 1. The van der Waals surface area contributed by atoms with Crippen molar-refractivity contribution in [2.24, 2.45) is 24.3 Å². The van der Waals surface area contributed by atoms with E-state index in [4.69, 9.17) is 14.2 Å². The number of amides is 1. The van der Waals surface area contributed by atoms with Crippen LogP contribution in [0.4, 0.5) is 0 Å². The van der Waals surface area contributed by atoms with Crippen molar-refractivity contribution in [3.05, 3.63) is 124 Å². The lowest BCUT2D eigenvalue weighted by Gasteiger charge is -2.52. The minimum absolute atomic E-state index is 0.145. The SMILES string of the molecule is C/C=C/C=C/C1OC(OC)(C(CC)C(=O)NC/C=C/C=C(\C)C(OC)C(C)C(O)C(O)/C=C/C=C/C=C/C=C(\C)C(=O)c2c(O)ccn(C)c2=O)CC(O)C1(C)C. The number of ketones is 1. The zero-order chi connectivity index (χ0) is 42.9. The fourth-order valence-corrected chi connectivity index (χ4v) is 6.66. The van der Waals surface area contributed by atoms with Gasteiger partial charge in [0.05, 0.1) is 36.4 Å². The van der Waals surface area contributed by atoms with Crippen molar-refractivity contribution >= 4 is 11.7 Å². The minimum atomic E-state index is -1.31. The molecule has 1 saturated heterocycles. The summed E-state index contributed by atoms with van der Waals surface area (Å²) in [5.74, 6) is -3.68. The van der Waals surface area contributed by atoms with Crippen LogP contribution in [-0.4, -0.2) is 93.8 Å². The summed E-state index contributed by atoms with van der Waals surface area (Å²) in [5, 5.41) is 45.7. The molecule has 1 fully saturated rings. The number of ether oxygens (including phenoxy) is 3. The summed E-state index contributed by atoms with van der Waals surface area (Å²) in [4.78, 5) is 38.4. The topological polar surface area (TPSA) is 177 Å². The van der Waals surface area contributed by atoms with Crippen LogP contribution in [0, 0.1) is 17.3 Å². The number of carbonyl (C=O) groups excluding carboxylic acids is 2. The van der Waals surface area contributed by atoms with E-state index in [0.29, 0.717) is 6.42 Å². The Kier molecular flexibility index (Phi) is 19.7. The molecule has 5 N–H and O–H groups in total. The number of hydrogen-bond acceptors (Lipinski definition) is 10. The molecule has 2 rings (SSSR count). The maximum atomic E-state index is 13.5. The van der Waals surface area contributed by atoms with Gasteiger partial charge >= 0.3 is 0 Å². The lowest BCUT2D eigenvalue weighted by molar-refractivity contribution is -0.324. The number of carbonyl (C=O) groups is 2. The number of hydrogen-bond donors (Lipinski definition) is 5. The Morgan fingerprint density at radius 3 is 2.35 bits per heavy atom. The fraction of sp³-hybridized carbons (Fsp3) is 0.489. The van der Waals surface area contributed by atoms with E-state index in [2.05, 4.69) is 5.32 Å². The molecule has 1 amide bonds. The Morgan fingerprint density at radius 2 is 1.72 bits per heavy atom. The average molecular weight is 793 g/mol. The molecule has 1 aliphatic rings. The van der Waals surface area contributed by atoms with Gasteiger partial charge in [0.25, 0.3) is 5.56 Å². The van der Waals surface area contributed by atoms with Crippen LogP contribution in [0.1, 0.15) is 71.7 Å². The van der Waals surface area contributed by atoms with E-state index in [1.807, 2.05) is 65.0 Å². The standard InChI is InChI=1S/C45H64N2O10/c1-11-13-17-25-37-44(6,7)36(50)29-45(56-10,57-37)33(12-2)42(53)46-27-21-20-23-31(4)41(55-9)32(5)40(52)35(49)24-19-16-14-15-18-22-30(3)39(51)38-34(48)26-28-47(8)43(38)54/h11,13-26,28,32-33,35-37,40-41,48-50,52H,12,27,29H2,1-10H3,(H,46,53)/b13-11+,16-14+,18-15+,21-20+,24-19+,25-17+,30-22+,31-23+. The molecule has 0 spiro atoms. The molecule has 0 aromatic carbocycles. The molecule has 1 aliphatic heterocycles. The number of nitrogens with zero attached hydrogens (tertiary/aromatic N) is 1. The third kappa shape index (κ3) is 13.0. The smallest absolute Gasteiger partial charge is 0.265 e. The highest BCUT2D eigenvalue weighted by Gasteiger charge is 2.55. The molecule has 8 atom stereocenters. The monoisotopic (exact) mass is 792 g/mol. The summed E-state index contributed by atoms with van der Waals surface area (Å²) in [6.45, 7) is 13.1. The molecule has 12 heteroatoms. The van der Waals surface area contributed by atoms with Gasteiger partial charge in [-0.25, -0.2) is 0 Å². The second-order valence-electron chi connectivity index (χ2n) is 14.9. The third-order valence-electron chi connectivity index (χ3n) is 10.5. The number of aromatic nitrogens is 1. The summed E-state index contributed by atoms with van der Waals surface area (Å²) in [6.07, 6.45) is 21.9. The number of aliphatic hydroxyl groups is 3. The molecular formula is C45H64N2O10. The van der Waals surface area contributed by atoms with E-state index in [1.165, 1.54) is 50.2 Å². The number of pyridine rings is 1. The van der Waals surface area contributed by atoms with E-state index in [9.17, 15) is 34.8 Å². The summed E-state index contributed by atoms with van der Waals surface area (Å²) in [7, 11) is 4.52. The van der Waals surface area contributed by atoms with Gasteiger partial charge < -0.3 is 44.5 Å². The first-order chi connectivity index (χ1) is 26.9. The van der Waals surface area contributed by atoms with Gasteiger partial charge in [-0.15, -0.1) is 0 Å². The first kappa shape index (κ1) is 48.7. The number of Topliss-reactive ketones (excluding diaryl/α,β-unsaturated/α-hetero) is 1. The van der Waals surface area contributed by atoms with Gasteiger partial charge in [-0.2, -0.15) is 0 Å². The van der Waals surface area contributed by atoms with Crippen molar-refractivity contribution in [2.45, 2.75) is 97.6 Å². The van der Waals surface area contributed by atoms with Crippen LogP contribution in [0.2, 0.25) is 0 Å². The highest BCUT2D eigenvalue weighted by Crippen LogP contribution is 2.46. The van der Waals surface area contributed by atoms with Crippen molar-refractivity contribution in [2.75, 3.05) is 20.8 Å². The first-order valence-corrected chi connectivity index (χ1v) is 19.3. The molecule has 2 heterocycles. The number of allylic oxidation sites excluding steroid dienone is 12. The maximum Gasteiger partial charge on any atom is 0.265 e. The van der Waals surface area contributed by atoms with Gasteiger partial charge in [0.2, 0.25) is 5.91 Å². The molecule has 0 bridgehead atoms. The molecule has 1 aromatic rings. The van der Waals surface area contributed by atoms with Gasteiger partial charge in [0, 0.05) is 51.8 Å². The third-order valence-corrected chi connectivity index (χ3v) is 10.5. The lowest BCUT2D eigenvalue weighted by atomic mass is 9.72. The Hall–Kier alpha value is -4.43. The van der Waals surface area contributed by atoms with Crippen molar-refractivity contribution in [1.82, 2.24) is 9.88 Å². The zero-order valence-electron chi connectivity index (χ0n) is 35.1. The van der Waals surface area contributed by atoms with Crippen LogP contribution in [0.5, 0.6) is 5.75 Å². The zero-order valence-corrected chi connectivity index (χ0v) is 35.1. The van der Waals surface area contributed by atoms with E-state index in [1.54, 1.807) is 56.4 Å². The van der Waals surface area contributed by atoms with Crippen molar-refractivity contribution in [3.8, 4) is 5.75 Å². The normalized spacial score (nSPS) is 23.6. The van der Waals surface area contributed by atoms with Gasteiger partial charge in [-0.05, 0) is 44.4 Å². The Morgan fingerprint density at radius 1 is 1.05 bits per heavy atom. The van der Waals surface area contributed by atoms with Crippen LogP contribution >= 0.6 is 0 Å². The number of aliphatic hydroxyl groups excluding tert-OH is 3. The largest absolute Gasteiger partial charge is 0.507 e. The van der Waals surface area contributed by atoms with Crippen LogP contribution in [-0.2, 0) is 26.1 Å². The summed E-state index contributed by atoms with van der Waals surface area (Å²) < 4.78 is 19.3. The van der Waals surface area contributed by atoms with Crippen LogP contribution < -0.4 is 10.9 Å². The number of aryl methyl sites for hydroxylation is 1. The van der Waals surface area contributed by atoms with Gasteiger partial charge in [0.15, 0.2) is 11.6 Å². The highest BCUT2D eigenvalue weighted by atomic mass is 16.7. The van der Waals surface area contributed by atoms with Crippen molar-refractivity contribution in [1.29, 1.82) is 0 Å². The van der Waals surface area contributed by atoms with E-state index in [-0.39, 0.29) is 35.8 Å². The summed E-state index contributed by atoms with van der Waals surface area (Å²) in [5.41, 5.74) is -0.403. The number of methoxy groups -OCH3 is 2. The number of rotatable bonds is 20. The Bertz CT molecular complexity index is 1800. The fourth-order valence-electron chi connectivity index (χ4n) is 6.66. The second kappa shape index (κ2) is 23.1. The van der Waals surface area contributed by atoms with Gasteiger partial charge in [0.1, 0.15) is 11.3 Å². The Labute approximate surface area is 337 Å². The quantitative estimate of drug-likeness (QED) is 0.0639. The highest BCUT2D eigenvalue weighted by molar-refractivity contribution is 6.09. The van der Waals surface area contributed by atoms with Crippen molar-refractivity contribution < 1.29 is 44.2 Å². The molecule has 314 valence electrons. The van der Waals surface area contributed by atoms with Crippen molar-refractivity contribution in [3.63, 3.8) is 0 Å². The minimum Gasteiger partial charge on any atom is -0.507 e. The predicted molar refractivity (Wildman–Crippen MR) is 223 cm³/mol. The molecule has 1 aromatic heterocycles. The second-order valence-corrected chi connectivity index (χ2v) is 14.9. The van der Waals surface area contributed by atoms with Crippen LogP contribution in [0.25, 0.3) is 0 Å². The van der Waals surface area contributed by atoms with Crippen LogP contribution in [0.3, 0.4) is 0 Å². The Balaban J connectivity index is 1.98. The predicted octanol–water partition coefficient (Wildman–Crippen LogP) is 5.56. The van der Waals surface area contributed by atoms with Crippen LogP contribution in [0.15, 0.2) is 113 Å². The van der Waals surface area contributed by atoms with E-state index >= 15 is 0 Å². The molecule has 0 saturated carbocycles. The molecule has 57 heavy (non-hydrogen) atoms. The first-order valence-electron chi connectivity index (χ1n) is 19.3. The average Bonchev–Trinajstić information content (AvgIpc) is 3.17. The molecule has 8 unspecified atom stereocenters. The summed E-state index contributed by atoms with van der Waals surface area (Å²) in [6, 6.07) is 1.29. The molecule has 0 aliphatic carbocycles. The number of aromatic hydroxyl groups is 1.